The molecular formula is C26H30FN3O2. The second kappa shape index (κ2) is 10.4. The van der Waals surface area contributed by atoms with Crippen LogP contribution in [0.1, 0.15) is 54.4 Å². The van der Waals surface area contributed by atoms with Crippen molar-refractivity contribution in [2.75, 3.05) is 24.5 Å². The van der Waals surface area contributed by atoms with Gasteiger partial charge in [-0.25, -0.2) is 9.18 Å². The van der Waals surface area contributed by atoms with Crippen molar-refractivity contribution in [3.8, 4) is 0 Å². The van der Waals surface area contributed by atoms with E-state index in [1.165, 1.54) is 30.5 Å². The lowest BCUT2D eigenvalue weighted by atomic mass is 9.97. The zero-order chi connectivity index (χ0) is 22.3. The van der Waals surface area contributed by atoms with Crippen molar-refractivity contribution < 1.29 is 14.0 Å². The number of hydrogen-bond donors (Lipinski definition) is 1. The van der Waals surface area contributed by atoms with E-state index in [4.69, 9.17) is 0 Å². The molecule has 0 atom stereocenters. The van der Waals surface area contributed by atoms with Crippen molar-refractivity contribution in [2.45, 2.75) is 45.1 Å². The summed E-state index contributed by atoms with van der Waals surface area (Å²) in [6.07, 6.45) is 8.86. The molecule has 5 nitrogen and oxygen atoms in total. The number of carbonyl (C=O) groups excluding carboxylic acids is 2. The summed E-state index contributed by atoms with van der Waals surface area (Å²) in [5.74, 6) is -0.390. The molecule has 1 N–H and O–H groups in total. The van der Waals surface area contributed by atoms with Gasteiger partial charge in [-0.1, -0.05) is 23.8 Å². The number of anilines is 1. The number of carbonyl (C=O) groups is 2. The highest BCUT2D eigenvalue weighted by Gasteiger charge is 2.27. The predicted molar refractivity (Wildman–Crippen MR) is 124 cm³/mol. The van der Waals surface area contributed by atoms with E-state index in [0.29, 0.717) is 31.7 Å². The van der Waals surface area contributed by atoms with Crippen LogP contribution >= 0.6 is 0 Å². The van der Waals surface area contributed by atoms with E-state index in [-0.39, 0.29) is 17.8 Å². The first kappa shape index (κ1) is 22.1. The highest BCUT2D eigenvalue weighted by Crippen LogP contribution is 2.23. The Hall–Kier alpha value is -3.15. The van der Waals surface area contributed by atoms with Crippen LogP contribution in [0.15, 0.2) is 60.2 Å². The molecule has 1 aliphatic carbocycles. The largest absolute Gasteiger partial charge is 0.352 e. The minimum absolute atomic E-state index is 0.0920. The Kier molecular flexibility index (Phi) is 7.20. The van der Waals surface area contributed by atoms with Crippen molar-refractivity contribution in [1.82, 2.24) is 10.2 Å². The summed E-state index contributed by atoms with van der Waals surface area (Å²) < 4.78 is 13.5. The van der Waals surface area contributed by atoms with E-state index in [2.05, 4.69) is 11.4 Å². The van der Waals surface area contributed by atoms with Crippen LogP contribution < -0.4 is 10.2 Å². The van der Waals surface area contributed by atoms with E-state index in [1.807, 2.05) is 18.2 Å². The first-order valence-corrected chi connectivity index (χ1v) is 11.5. The summed E-state index contributed by atoms with van der Waals surface area (Å²) in [7, 11) is 0. The van der Waals surface area contributed by atoms with Gasteiger partial charge in [-0.3, -0.25) is 9.69 Å². The molecule has 168 valence electrons. The third-order valence-corrected chi connectivity index (χ3v) is 6.13. The predicted octanol–water partition coefficient (Wildman–Crippen LogP) is 5.28. The van der Waals surface area contributed by atoms with Crippen molar-refractivity contribution in [2.24, 2.45) is 0 Å². The van der Waals surface area contributed by atoms with Crippen LogP contribution in [-0.2, 0) is 6.54 Å². The molecule has 1 aliphatic heterocycles. The lowest BCUT2D eigenvalue weighted by molar-refractivity contribution is 0.0954. The third-order valence-electron chi connectivity index (χ3n) is 6.13. The fourth-order valence-electron chi connectivity index (χ4n) is 4.39. The molecule has 0 unspecified atom stereocenters. The molecule has 0 radical (unpaired) electrons. The zero-order valence-electron chi connectivity index (χ0n) is 18.4. The molecule has 1 fully saturated rings. The molecule has 3 amide bonds. The highest BCUT2D eigenvalue weighted by atomic mass is 19.1. The molecule has 6 heteroatoms. The van der Waals surface area contributed by atoms with Gasteiger partial charge in [0.25, 0.3) is 5.91 Å². The van der Waals surface area contributed by atoms with Crippen LogP contribution in [0.5, 0.6) is 0 Å². The number of allylic oxidation sites excluding steroid dienone is 1. The molecule has 2 aliphatic rings. The smallest absolute Gasteiger partial charge is 0.324 e. The van der Waals surface area contributed by atoms with Gasteiger partial charge in [0.1, 0.15) is 5.82 Å². The number of halogens is 1. The zero-order valence-corrected chi connectivity index (χ0v) is 18.4. The van der Waals surface area contributed by atoms with Crippen LogP contribution in [0, 0.1) is 5.82 Å². The van der Waals surface area contributed by atoms with Gasteiger partial charge in [0, 0.05) is 37.4 Å². The highest BCUT2D eigenvalue weighted by molar-refractivity contribution is 5.96. The lowest BCUT2D eigenvalue weighted by Crippen LogP contribution is -2.49. The summed E-state index contributed by atoms with van der Waals surface area (Å²) in [5, 5.41) is 2.99. The maximum atomic E-state index is 13.5. The topological polar surface area (TPSA) is 52.7 Å². The minimum atomic E-state index is -0.298. The van der Waals surface area contributed by atoms with Crippen LogP contribution in [0.3, 0.4) is 0 Å². The number of amides is 3. The minimum Gasteiger partial charge on any atom is -0.352 e. The first-order chi connectivity index (χ1) is 15.6. The summed E-state index contributed by atoms with van der Waals surface area (Å²) in [6, 6.07) is 13.4. The molecule has 1 heterocycles. The van der Waals surface area contributed by atoms with Crippen LogP contribution in [-0.4, -0.2) is 36.5 Å². The second-order valence-electron chi connectivity index (χ2n) is 8.50. The summed E-state index contributed by atoms with van der Waals surface area (Å²) in [5.41, 5.74) is 3.57. The standard InChI is InChI=1S/C26H30FN3O2/c27-23-9-4-8-21(18-23)19-29-16-5-17-30(26(29)32)24-12-10-22(11-13-24)25(31)28-15-14-20-6-2-1-3-7-20/h4,6,8-13,18H,1-3,5,7,14-17,19H2,(H,28,31). The number of nitrogens with zero attached hydrogens (tertiary/aromatic N) is 2. The fraction of sp³-hybridized carbons (Fsp3) is 0.385. The van der Waals surface area contributed by atoms with Crippen molar-refractivity contribution in [3.05, 3.63) is 77.1 Å². The molecule has 1 saturated heterocycles. The van der Waals surface area contributed by atoms with Crippen molar-refractivity contribution >= 4 is 17.6 Å². The maximum Gasteiger partial charge on any atom is 0.324 e. The number of nitrogens with one attached hydrogen (secondary N) is 1. The second-order valence-corrected chi connectivity index (χ2v) is 8.50. The summed E-state index contributed by atoms with van der Waals surface area (Å²) >= 11 is 0. The SMILES string of the molecule is O=C(NCCC1=CCCCC1)c1ccc(N2CCCN(Cc3cccc(F)c3)C2=O)cc1. The molecule has 2 aromatic carbocycles. The molecule has 4 rings (SSSR count). The van der Waals surface area contributed by atoms with Crippen LogP contribution in [0.4, 0.5) is 14.9 Å². The molecule has 0 aromatic heterocycles. The van der Waals surface area contributed by atoms with Crippen molar-refractivity contribution in [3.63, 3.8) is 0 Å². The van der Waals surface area contributed by atoms with E-state index < -0.39 is 0 Å². The van der Waals surface area contributed by atoms with E-state index in [0.717, 1.165) is 36.9 Å². The Bertz CT molecular complexity index is 987. The number of urea groups is 1. The Labute approximate surface area is 188 Å². The number of hydrogen-bond acceptors (Lipinski definition) is 2. The molecule has 0 bridgehead atoms. The summed E-state index contributed by atoms with van der Waals surface area (Å²) in [6.45, 7) is 2.29. The van der Waals surface area contributed by atoms with E-state index in [9.17, 15) is 14.0 Å². The normalized spacial score (nSPS) is 16.7. The Morgan fingerprint density at radius 1 is 1.03 bits per heavy atom. The molecule has 0 saturated carbocycles. The molecule has 32 heavy (non-hydrogen) atoms. The fourth-order valence-corrected chi connectivity index (χ4v) is 4.39. The van der Waals surface area contributed by atoms with E-state index in [1.54, 1.807) is 28.0 Å². The van der Waals surface area contributed by atoms with Gasteiger partial charge in [0.2, 0.25) is 0 Å². The average molecular weight is 436 g/mol. The molecular weight excluding hydrogens is 405 g/mol. The Morgan fingerprint density at radius 2 is 1.88 bits per heavy atom. The monoisotopic (exact) mass is 435 g/mol. The van der Waals surface area contributed by atoms with Crippen LogP contribution in [0.2, 0.25) is 0 Å². The van der Waals surface area contributed by atoms with Gasteiger partial charge in [0.15, 0.2) is 0 Å². The molecule has 0 spiro atoms. The van der Waals surface area contributed by atoms with Gasteiger partial charge in [-0.05, 0) is 80.5 Å². The van der Waals surface area contributed by atoms with Crippen LogP contribution in [0.25, 0.3) is 0 Å². The van der Waals surface area contributed by atoms with Gasteiger partial charge in [-0.2, -0.15) is 0 Å². The maximum absolute atomic E-state index is 13.5. The Balaban J connectivity index is 1.33. The number of benzene rings is 2. The van der Waals surface area contributed by atoms with Gasteiger partial charge in [0.05, 0.1) is 0 Å². The van der Waals surface area contributed by atoms with E-state index >= 15 is 0 Å². The van der Waals surface area contributed by atoms with Gasteiger partial charge >= 0.3 is 6.03 Å². The van der Waals surface area contributed by atoms with Gasteiger partial charge in [-0.15, -0.1) is 0 Å². The van der Waals surface area contributed by atoms with Crippen molar-refractivity contribution in [1.29, 1.82) is 0 Å². The Morgan fingerprint density at radius 3 is 2.62 bits per heavy atom. The lowest BCUT2D eigenvalue weighted by Gasteiger charge is -2.35. The number of rotatable bonds is 7. The quantitative estimate of drug-likeness (QED) is 0.602. The summed E-state index contributed by atoms with van der Waals surface area (Å²) in [4.78, 5) is 28.9. The van der Waals surface area contributed by atoms with Gasteiger partial charge < -0.3 is 10.2 Å². The first-order valence-electron chi connectivity index (χ1n) is 11.5. The third kappa shape index (κ3) is 5.55. The average Bonchev–Trinajstić information content (AvgIpc) is 2.81. The molecule has 2 aromatic rings.